The molecule has 3 aromatic heterocycles. The van der Waals surface area contributed by atoms with Gasteiger partial charge in [0.1, 0.15) is 15.9 Å². The summed E-state index contributed by atoms with van der Waals surface area (Å²) in [5, 5.41) is 7.29. The summed E-state index contributed by atoms with van der Waals surface area (Å²) >= 11 is 0.918. The molecular weight excluding hydrogens is 498 g/mol. The number of rotatable bonds is 9. The molecule has 0 aliphatic rings. The van der Waals surface area contributed by atoms with E-state index in [1.165, 1.54) is 15.3 Å². The van der Waals surface area contributed by atoms with Crippen LogP contribution in [-0.4, -0.2) is 50.4 Å². The summed E-state index contributed by atoms with van der Waals surface area (Å²) in [6, 6.07) is 2.20. The topological polar surface area (TPSA) is 134 Å². The zero-order chi connectivity index (χ0) is 27.4. The molecule has 0 spiro atoms. The molecule has 0 bridgehead atoms. The van der Waals surface area contributed by atoms with Crippen LogP contribution in [0.15, 0.2) is 16.9 Å². The standard InChI is InChI=1S/C25H31N5O6S/c1-8-17-12-18(31)29(25(26-17)30-14(5)11-13(4)28-30)16(7)21(32)27-22-19(23(33)35-9-2)15(6)20(37-22)24(34)36-10-3/h11-12,16H,8-10H2,1-7H3,(H,27,32). The third kappa shape index (κ3) is 5.63. The Morgan fingerprint density at radius 2 is 1.70 bits per heavy atom. The van der Waals surface area contributed by atoms with Crippen LogP contribution in [0, 0.1) is 20.8 Å². The van der Waals surface area contributed by atoms with Crippen molar-refractivity contribution in [1.82, 2.24) is 19.3 Å². The second kappa shape index (κ2) is 11.5. The number of nitrogens with one attached hydrogen (secondary N) is 1. The lowest BCUT2D eigenvalue weighted by molar-refractivity contribution is -0.118. The smallest absolute Gasteiger partial charge is 0.348 e. The molecule has 0 radical (unpaired) electrons. The normalized spacial score (nSPS) is 11.8. The lowest BCUT2D eigenvalue weighted by Gasteiger charge is -2.19. The Kier molecular flexibility index (Phi) is 8.64. The number of carbonyl (C=O) groups excluding carboxylic acids is 3. The van der Waals surface area contributed by atoms with Crippen molar-refractivity contribution < 1.29 is 23.9 Å². The summed E-state index contributed by atoms with van der Waals surface area (Å²) in [4.78, 5) is 56.5. The number of hydrogen-bond donors (Lipinski definition) is 1. The number of hydrogen-bond acceptors (Lipinski definition) is 9. The van der Waals surface area contributed by atoms with Crippen molar-refractivity contribution in [3.05, 3.63) is 55.6 Å². The van der Waals surface area contributed by atoms with Gasteiger partial charge in [0.05, 0.1) is 24.5 Å². The van der Waals surface area contributed by atoms with E-state index in [4.69, 9.17) is 9.47 Å². The van der Waals surface area contributed by atoms with Gasteiger partial charge in [0, 0.05) is 17.5 Å². The molecule has 0 saturated carbocycles. The minimum Gasteiger partial charge on any atom is -0.462 e. The highest BCUT2D eigenvalue weighted by atomic mass is 32.1. The predicted molar refractivity (Wildman–Crippen MR) is 139 cm³/mol. The second-order valence-electron chi connectivity index (χ2n) is 8.31. The van der Waals surface area contributed by atoms with Crippen LogP contribution in [0.1, 0.15) is 76.4 Å². The van der Waals surface area contributed by atoms with Crippen LogP contribution >= 0.6 is 11.3 Å². The van der Waals surface area contributed by atoms with Gasteiger partial charge in [0.25, 0.3) is 5.56 Å². The monoisotopic (exact) mass is 529 g/mol. The maximum atomic E-state index is 13.5. The van der Waals surface area contributed by atoms with Crippen molar-refractivity contribution in [3.63, 3.8) is 0 Å². The lowest BCUT2D eigenvalue weighted by atomic mass is 10.1. The first-order chi connectivity index (χ1) is 17.5. The minimum atomic E-state index is -1.03. The molecule has 12 heteroatoms. The van der Waals surface area contributed by atoms with Crippen LogP contribution in [0.2, 0.25) is 0 Å². The number of carbonyl (C=O) groups is 3. The molecular formula is C25H31N5O6S. The van der Waals surface area contributed by atoms with Gasteiger partial charge in [0.2, 0.25) is 11.9 Å². The highest BCUT2D eigenvalue weighted by molar-refractivity contribution is 7.18. The van der Waals surface area contributed by atoms with Gasteiger partial charge in [-0.1, -0.05) is 6.92 Å². The average molecular weight is 530 g/mol. The third-order valence-electron chi connectivity index (χ3n) is 5.64. The highest BCUT2D eigenvalue weighted by Crippen LogP contribution is 2.35. The number of esters is 2. The van der Waals surface area contributed by atoms with Crippen LogP contribution in [0.4, 0.5) is 5.00 Å². The van der Waals surface area contributed by atoms with Crippen LogP contribution in [0.5, 0.6) is 0 Å². The molecule has 3 heterocycles. The summed E-state index contributed by atoms with van der Waals surface area (Å²) in [5.74, 6) is -1.66. The minimum absolute atomic E-state index is 0.0704. The van der Waals surface area contributed by atoms with Gasteiger partial charge in [-0.25, -0.2) is 19.3 Å². The number of thiophene rings is 1. The van der Waals surface area contributed by atoms with E-state index in [9.17, 15) is 19.2 Å². The molecule has 0 aliphatic carbocycles. The Balaban J connectivity index is 2.07. The fraction of sp³-hybridized carbons (Fsp3) is 0.440. The lowest BCUT2D eigenvalue weighted by Crippen LogP contribution is -2.35. The number of aryl methyl sites for hydroxylation is 3. The van der Waals surface area contributed by atoms with Crippen LogP contribution in [-0.2, 0) is 20.7 Å². The Hall–Kier alpha value is -3.80. The van der Waals surface area contributed by atoms with E-state index in [1.54, 1.807) is 27.7 Å². The van der Waals surface area contributed by atoms with Gasteiger partial charge in [-0.15, -0.1) is 11.3 Å². The van der Waals surface area contributed by atoms with E-state index >= 15 is 0 Å². The Morgan fingerprint density at radius 3 is 2.27 bits per heavy atom. The molecule has 3 rings (SSSR count). The van der Waals surface area contributed by atoms with Gasteiger partial charge in [-0.05, 0) is 59.6 Å². The molecule has 3 aromatic rings. The Labute approximate surface area is 218 Å². The molecule has 0 saturated heterocycles. The summed E-state index contributed by atoms with van der Waals surface area (Å²) in [5.41, 5.74) is 2.04. The van der Waals surface area contributed by atoms with E-state index in [2.05, 4.69) is 15.4 Å². The molecule has 0 aliphatic heterocycles. The van der Waals surface area contributed by atoms with E-state index < -0.39 is 29.4 Å². The highest BCUT2D eigenvalue weighted by Gasteiger charge is 2.30. The SMILES string of the molecule is CCOC(=O)c1sc(NC(=O)C(C)n2c(-n3nc(C)cc3C)nc(CC)cc2=O)c(C(=O)OCC)c1C. The van der Waals surface area contributed by atoms with E-state index in [-0.39, 0.29) is 34.6 Å². The number of amides is 1. The summed E-state index contributed by atoms with van der Waals surface area (Å²) < 4.78 is 13.0. The van der Waals surface area contributed by atoms with E-state index in [0.29, 0.717) is 17.7 Å². The predicted octanol–water partition coefficient (Wildman–Crippen LogP) is 3.53. The molecule has 0 fully saturated rings. The molecule has 1 atom stereocenters. The zero-order valence-corrected chi connectivity index (χ0v) is 22.8. The van der Waals surface area contributed by atoms with E-state index in [1.807, 2.05) is 26.8 Å². The number of aromatic nitrogens is 4. The molecule has 1 unspecified atom stereocenters. The van der Waals surface area contributed by atoms with Crippen molar-refractivity contribution in [2.45, 2.75) is 60.9 Å². The Bertz CT molecular complexity index is 1400. The average Bonchev–Trinajstić information content (AvgIpc) is 3.35. The van der Waals surface area contributed by atoms with Crippen molar-refractivity contribution in [2.24, 2.45) is 0 Å². The van der Waals surface area contributed by atoms with Gasteiger partial charge < -0.3 is 14.8 Å². The maximum absolute atomic E-state index is 13.5. The summed E-state index contributed by atoms with van der Waals surface area (Å²) in [6.07, 6.45) is 0.525. The van der Waals surface area contributed by atoms with Crippen molar-refractivity contribution in [2.75, 3.05) is 18.5 Å². The molecule has 1 N–H and O–H groups in total. The molecule has 37 heavy (non-hydrogen) atoms. The molecule has 0 aromatic carbocycles. The fourth-order valence-electron chi connectivity index (χ4n) is 3.83. The largest absolute Gasteiger partial charge is 0.462 e. The van der Waals surface area contributed by atoms with Gasteiger partial charge in [-0.3, -0.25) is 14.2 Å². The van der Waals surface area contributed by atoms with Crippen LogP contribution < -0.4 is 10.9 Å². The number of nitrogens with zero attached hydrogens (tertiary/aromatic N) is 4. The van der Waals surface area contributed by atoms with Crippen molar-refractivity contribution >= 4 is 34.2 Å². The second-order valence-corrected chi connectivity index (χ2v) is 9.34. The molecule has 1 amide bonds. The maximum Gasteiger partial charge on any atom is 0.348 e. The molecule has 11 nitrogen and oxygen atoms in total. The van der Waals surface area contributed by atoms with Crippen LogP contribution in [0.25, 0.3) is 5.95 Å². The summed E-state index contributed by atoms with van der Waals surface area (Å²) in [7, 11) is 0. The molecule has 198 valence electrons. The fourth-order valence-corrected chi connectivity index (χ4v) is 4.92. The number of ether oxygens (including phenoxy) is 2. The third-order valence-corrected chi connectivity index (χ3v) is 6.83. The number of anilines is 1. The van der Waals surface area contributed by atoms with E-state index in [0.717, 1.165) is 22.7 Å². The first-order valence-electron chi connectivity index (χ1n) is 12.0. The van der Waals surface area contributed by atoms with Crippen molar-refractivity contribution in [1.29, 1.82) is 0 Å². The zero-order valence-electron chi connectivity index (χ0n) is 22.0. The van der Waals surface area contributed by atoms with Crippen molar-refractivity contribution in [3.8, 4) is 5.95 Å². The van der Waals surface area contributed by atoms with Gasteiger partial charge in [-0.2, -0.15) is 5.10 Å². The quantitative estimate of drug-likeness (QED) is 0.416. The van der Waals surface area contributed by atoms with Gasteiger partial charge >= 0.3 is 11.9 Å². The summed E-state index contributed by atoms with van der Waals surface area (Å²) in [6.45, 7) is 12.3. The Morgan fingerprint density at radius 1 is 1.05 bits per heavy atom. The first-order valence-corrected chi connectivity index (χ1v) is 12.8. The first kappa shape index (κ1) is 27.8. The van der Waals surface area contributed by atoms with Crippen LogP contribution in [0.3, 0.4) is 0 Å². The van der Waals surface area contributed by atoms with Gasteiger partial charge in [0.15, 0.2) is 0 Å².